The van der Waals surface area contributed by atoms with E-state index in [1.54, 1.807) is 0 Å². The molecule has 0 aromatic carbocycles. The van der Waals surface area contributed by atoms with Crippen molar-refractivity contribution >= 4 is 18.0 Å². The van der Waals surface area contributed by atoms with Gasteiger partial charge in [0, 0.05) is 0 Å². The molecule has 0 amide bonds. The van der Waals surface area contributed by atoms with Crippen LogP contribution in [0.3, 0.4) is 0 Å². The number of hydrogen-bond acceptors (Lipinski definition) is 5. The van der Waals surface area contributed by atoms with Crippen LogP contribution in [0.4, 0.5) is 4.79 Å². The number of carbonyl (C=O) groups is 1. The molecular formula is CHClO5. The Kier molecular flexibility index (Phi) is 3.39. The van der Waals surface area contributed by atoms with Crippen LogP contribution in [0.5, 0.6) is 0 Å². The van der Waals surface area contributed by atoms with E-state index in [1.807, 2.05) is 0 Å². The van der Waals surface area contributed by atoms with E-state index in [-0.39, 0.29) is 0 Å². The van der Waals surface area contributed by atoms with Crippen LogP contribution in [0.25, 0.3) is 0 Å². The molecule has 0 rings (SSSR count). The molecule has 0 saturated heterocycles. The average Bonchev–Trinajstić information content (AvgIpc) is 1.68. The van der Waals surface area contributed by atoms with Gasteiger partial charge in [-0.2, -0.15) is 10.1 Å². The predicted octanol–water partition coefficient (Wildman–Crippen LogP) is 0.698. The molecule has 6 heteroatoms. The molecule has 0 radical (unpaired) electrons. The van der Waals surface area contributed by atoms with Gasteiger partial charge in [0.15, 0.2) is 0 Å². The van der Waals surface area contributed by atoms with Gasteiger partial charge in [-0.1, -0.05) is 4.44 Å². The van der Waals surface area contributed by atoms with Crippen molar-refractivity contribution in [2.75, 3.05) is 0 Å². The summed E-state index contributed by atoms with van der Waals surface area (Å²) in [7, 11) is 0. The third-order valence-corrected chi connectivity index (χ3v) is 0.237. The fraction of sp³-hybridized carbons (Fsp3) is 0. The molecule has 0 bridgehead atoms. The Hall–Kier alpha value is -0.520. The van der Waals surface area contributed by atoms with Crippen LogP contribution < -0.4 is 0 Å². The first-order chi connectivity index (χ1) is 3.31. The second-order valence-electron chi connectivity index (χ2n) is 0.488. The van der Waals surface area contributed by atoms with E-state index in [4.69, 9.17) is 5.26 Å². The molecule has 0 aliphatic heterocycles. The first kappa shape index (κ1) is 6.48. The minimum Gasteiger partial charge on any atom is -0.260 e. The highest BCUT2D eigenvalue weighted by molar-refractivity contribution is 6.07. The van der Waals surface area contributed by atoms with Crippen LogP contribution in [0, 0.1) is 0 Å². The van der Waals surface area contributed by atoms with E-state index < -0.39 is 6.16 Å². The Morgan fingerprint density at radius 3 is 2.43 bits per heavy atom. The Morgan fingerprint density at radius 2 is 2.29 bits per heavy atom. The molecular weight excluding hydrogens is 127 g/mol. The van der Waals surface area contributed by atoms with Crippen LogP contribution in [-0.4, -0.2) is 11.4 Å². The maximum Gasteiger partial charge on any atom is 0.574 e. The van der Waals surface area contributed by atoms with Crippen molar-refractivity contribution in [1.29, 1.82) is 0 Å². The molecule has 0 aliphatic rings. The van der Waals surface area contributed by atoms with Crippen LogP contribution in [0.15, 0.2) is 0 Å². The fourth-order valence-corrected chi connectivity index (χ4v) is 0.0924. The third kappa shape index (κ3) is 3.31. The lowest BCUT2D eigenvalue weighted by Crippen LogP contribution is -2.00. The Balaban J connectivity index is 3.00. The molecule has 42 valence electrons. The van der Waals surface area contributed by atoms with Gasteiger partial charge in [0.2, 0.25) is 0 Å². The summed E-state index contributed by atoms with van der Waals surface area (Å²) in [6.07, 6.45) is -1.42. The van der Waals surface area contributed by atoms with Crippen molar-refractivity contribution in [1.82, 2.24) is 0 Å². The average molecular weight is 128 g/mol. The van der Waals surface area contributed by atoms with E-state index in [0.717, 1.165) is 0 Å². The van der Waals surface area contributed by atoms with Gasteiger partial charge in [-0.05, 0) is 0 Å². The van der Waals surface area contributed by atoms with Crippen molar-refractivity contribution in [3.63, 3.8) is 0 Å². The Bertz CT molecular complexity index is 61.1. The molecule has 0 spiro atoms. The molecule has 0 unspecified atom stereocenters. The molecule has 5 nitrogen and oxygen atoms in total. The summed E-state index contributed by atoms with van der Waals surface area (Å²) in [6, 6.07) is 0. The second-order valence-corrected chi connectivity index (χ2v) is 0.614. The van der Waals surface area contributed by atoms with Gasteiger partial charge < -0.3 is 0 Å². The van der Waals surface area contributed by atoms with E-state index in [2.05, 4.69) is 26.1 Å². The summed E-state index contributed by atoms with van der Waals surface area (Å²) in [5.74, 6) is 0. The van der Waals surface area contributed by atoms with E-state index in [9.17, 15) is 4.79 Å². The van der Waals surface area contributed by atoms with Crippen molar-refractivity contribution in [3.05, 3.63) is 0 Å². The Morgan fingerprint density at radius 1 is 1.71 bits per heavy atom. The normalized spacial score (nSPS) is 7.71. The number of halogens is 1. The maximum absolute atomic E-state index is 9.51. The molecule has 0 atom stereocenters. The highest BCUT2D eigenvalue weighted by Gasteiger charge is 2.00. The number of carbonyl (C=O) groups excluding carboxylic acids is 1. The third-order valence-electron chi connectivity index (χ3n) is 0.174. The quantitative estimate of drug-likeness (QED) is 0.416. The van der Waals surface area contributed by atoms with E-state index in [1.165, 1.54) is 0 Å². The lowest BCUT2D eigenvalue weighted by atomic mass is 11.4. The lowest BCUT2D eigenvalue weighted by molar-refractivity contribution is -0.253. The first-order valence-electron chi connectivity index (χ1n) is 1.12. The van der Waals surface area contributed by atoms with Crippen molar-refractivity contribution < 1.29 is 24.3 Å². The summed E-state index contributed by atoms with van der Waals surface area (Å²) in [4.78, 5) is 15.8. The SMILES string of the molecule is O=C(OO)OOCl. The van der Waals surface area contributed by atoms with Crippen LogP contribution in [0.1, 0.15) is 0 Å². The largest absolute Gasteiger partial charge is 0.574 e. The molecule has 7 heavy (non-hydrogen) atoms. The monoisotopic (exact) mass is 128 g/mol. The minimum atomic E-state index is -1.42. The maximum atomic E-state index is 9.51. The van der Waals surface area contributed by atoms with Crippen molar-refractivity contribution in [3.8, 4) is 0 Å². The summed E-state index contributed by atoms with van der Waals surface area (Å²) < 4.78 is 3.23. The van der Waals surface area contributed by atoms with E-state index in [0.29, 0.717) is 0 Å². The van der Waals surface area contributed by atoms with Crippen LogP contribution >= 0.6 is 11.9 Å². The van der Waals surface area contributed by atoms with Gasteiger partial charge in [-0.25, -0.2) is 4.89 Å². The highest BCUT2D eigenvalue weighted by Crippen LogP contribution is 1.84. The zero-order valence-corrected chi connectivity index (χ0v) is 3.71. The topological polar surface area (TPSA) is 65.0 Å². The minimum absolute atomic E-state index is 1.42. The van der Waals surface area contributed by atoms with Crippen molar-refractivity contribution in [2.45, 2.75) is 0 Å². The molecule has 0 fully saturated rings. The van der Waals surface area contributed by atoms with Gasteiger partial charge in [0.1, 0.15) is 11.9 Å². The molecule has 0 aromatic rings. The predicted molar refractivity (Wildman–Crippen MR) is 17.1 cm³/mol. The lowest BCUT2D eigenvalue weighted by Gasteiger charge is -1.87. The highest BCUT2D eigenvalue weighted by atomic mass is 35.5. The van der Waals surface area contributed by atoms with Crippen LogP contribution in [-0.2, 0) is 14.2 Å². The van der Waals surface area contributed by atoms with Gasteiger partial charge >= 0.3 is 6.16 Å². The summed E-state index contributed by atoms with van der Waals surface area (Å²) in [6.45, 7) is 0. The second kappa shape index (κ2) is 3.66. The Labute approximate surface area is 43.4 Å². The standard InChI is InChI=1S/CHClO5/c2-7-6-1(3)5-4/h4H. The van der Waals surface area contributed by atoms with Crippen molar-refractivity contribution in [2.24, 2.45) is 0 Å². The number of hydrogen-bond donors (Lipinski definition) is 1. The van der Waals surface area contributed by atoms with Gasteiger partial charge in [-0.3, -0.25) is 4.89 Å². The van der Waals surface area contributed by atoms with Gasteiger partial charge in [-0.15, -0.1) is 0 Å². The first-order valence-corrected chi connectivity index (χ1v) is 1.42. The van der Waals surface area contributed by atoms with E-state index >= 15 is 0 Å². The summed E-state index contributed by atoms with van der Waals surface area (Å²) in [5, 5.41) is 7.35. The zero-order valence-electron chi connectivity index (χ0n) is 2.96. The summed E-state index contributed by atoms with van der Waals surface area (Å²) in [5.41, 5.74) is 0. The fourth-order valence-electron chi connectivity index (χ4n) is 0.0409. The molecule has 0 aromatic heterocycles. The number of rotatable bonds is 1. The molecule has 0 saturated carbocycles. The molecule has 0 heterocycles. The summed E-state index contributed by atoms with van der Waals surface area (Å²) >= 11 is 4.34. The van der Waals surface area contributed by atoms with Gasteiger partial charge in [0.05, 0.1) is 0 Å². The smallest absolute Gasteiger partial charge is 0.260 e. The molecule has 1 N–H and O–H groups in total. The van der Waals surface area contributed by atoms with Gasteiger partial charge in [0.25, 0.3) is 0 Å². The molecule has 0 aliphatic carbocycles. The zero-order chi connectivity index (χ0) is 5.70. The van der Waals surface area contributed by atoms with Crippen LogP contribution in [0.2, 0.25) is 0 Å².